The van der Waals surface area contributed by atoms with Gasteiger partial charge in [0.15, 0.2) is 0 Å². The molecule has 1 aliphatic rings. The van der Waals surface area contributed by atoms with Gasteiger partial charge in [0.1, 0.15) is 17.4 Å². The second kappa shape index (κ2) is 14.3. The number of nitrogens with zero attached hydrogens (tertiary/aromatic N) is 1. The summed E-state index contributed by atoms with van der Waals surface area (Å²) in [6.45, 7) is 1.08. The van der Waals surface area contributed by atoms with Crippen molar-refractivity contribution in [1.82, 2.24) is 5.32 Å². The molecule has 200 valence electrons. The topological polar surface area (TPSA) is 164 Å². The van der Waals surface area contributed by atoms with Crippen LogP contribution < -0.4 is 20.1 Å². The number of carbonyl (C=O) groups excluding carboxylic acids is 3. The van der Waals surface area contributed by atoms with Gasteiger partial charge in [0.2, 0.25) is 11.8 Å². The van der Waals surface area contributed by atoms with Crippen molar-refractivity contribution in [3.8, 4) is 17.6 Å². The molecule has 38 heavy (non-hydrogen) atoms. The predicted octanol–water partition coefficient (Wildman–Crippen LogP) is 2.90. The Bertz CT molecular complexity index is 1250. The van der Waals surface area contributed by atoms with Gasteiger partial charge in [-0.25, -0.2) is 0 Å². The van der Waals surface area contributed by atoms with E-state index in [4.69, 9.17) is 24.1 Å². The molecule has 12 heteroatoms. The highest BCUT2D eigenvalue weighted by molar-refractivity contribution is 8.03. The lowest BCUT2D eigenvalue weighted by molar-refractivity contribution is -0.150. The second-order valence-electron chi connectivity index (χ2n) is 7.65. The van der Waals surface area contributed by atoms with Gasteiger partial charge >= 0.3 is 5.97 Å². The van der Waals surface area contributed by atoms with Crippen molar-refractivity contribution in [1.29, 1.82) is 5.26 Å². The van der Waals surface area contributed by atoms with E-state index in [9.17, 15) is 19.6 Å². The molecular weight excluding hydrogens is 514 g/mol. The third-order valence-electron chi connectivity index (χ3n) is 5.18. The van der Waals surface area contributed by atoms with Crippen molar-refractivity contribution in [3.63, 3.8) is 0 Å². The number of hydrogen-bond donors (Lipinski definition) is 3. The minimum atomic E-state index is -1.28. The van der Waals surface area contributed by atoms with Gasteiger partial charge in [-0.15, -0.1) is 0 Å². The molecule has 0 radical (unpaired) electrons. The fourth-order valence-corrected chi connectivity index (χ4v) is 4.44. The number of carboxylic acid groups (broad SMARTS) is 1. The number of aliphatic carboxylic acids is 1. The Hall–Kier alpha value is -4.50. The Kier molecular flexibility index (Phi) is 11.2. The number of esters is 1. The van der Waals surface area contributed by atoms with Crippen molar-refractivity contribution in [3.05, 3.63) is 64.7 Å². The van der Waals surface area contributed by atoms with Crippen molar-refractivity contribution < 1.29 is 38.5 Å². The highest BCUT2D eigenvalue weighted by atomic mass is 32.2. The summed E-state index contributed by atoms with van der Waals surface area (Å²) in [5.41, 5.74) is 1.21. The Morgan fingerprint density at radius 2 is 1.71 bits per heavy atom. The van der Waals surface area contributed by atoms with Crippen LogP contribution >= 0.6 is 11.8 Å². The molecule has 3 N–H and O–H groups in total. The molecule has 0 fully saturated rings. The Morgan fingerprint density at radius 1 is 1.08 bits per heavy atom. The molecule has 0 spiro atoms. The largest absolute Gasteiger partial charge is 0.497 e. The summed E-state index contributed by atoms with van der Waals surface area (Å²) in [7, 11) is 4.19. The summed E-state index contributed by atoms with van der Waals surface area (Å²) >= 11 is 0.998. The van der Waals surface area contributed by atoms with E-state index < -0.39 is 29.7 Å². The first-order chi connectivity index (χ1) is 18.2. The average molecular weight is 542 g/mol. The number of thioether (sulfide) groups is 1. The Balaban J connectivity index is 0.00000118. The first-order valence-electron chi connectivity index (χ1n) is 11.1. The zero-order valence-electron chi connectivity index (χ0n) is 21.1. The van der Waals surface area contributed by atoms with Gasteiger partial charge in [0.05, 0.1) is 43.8 Å². The molecular formula is C26H27N3O8S. The number of amides is 2. The molecule has 0 aliphatic carbocycles. The molecule has 2 aromatic carbocycles. The zero-order valence-corrected chi connectivity index (χ0v) is 22.0. The van der Waals surface area contributed by atoms with E-state index in [0.717, 1.165) is 18.7 Å². The number of rotatable bonds is 8. The van der Waals surface area contributed by atoms with Crippen LogP contribution in [-0.4, -0.2) is 55.9 Å². The summed E-state index contributed by atoms with van der Waals surface area (Å²) in [5, 5.41) is 22.9. The first kappa shape index (κ1) is 29.7. The third-order valence-corrected chi connectivity index (χ3v) is 6.20. The van der Waals surface area contributed by atoms with Crippen molar-refractivity contribution >= 4 is 41.2 Å². The molecule has 2 unspecified atom stereocenters. The van der Waals surface area contributed by atoms with Crippen LogP contribution in [0.2, 0.25) is 0 Å². The number of hydrogen-bond acceptors (Lipinski definition) is 9. The number of para-hydroxylation sites is 1. The Morgan fingerprint density at radius 3 is 2.26 bits per heavy atom. The molecule has 2 amide bonds. The van der Waals surface area contributed by atoms with Gasteiger partial charge in [-0.3, -0.25) is 19.2 Å². The second-order valence-corrected chi connectivity index (χ2v) is 8.63. The lowest BCUT2D eigenvalue weighted by Gasteiger charge is -2.31. The quantitative estimate of drug-likeness (QED) is 0.334. The van der Waals surface area contributed by atoms with E-state index in [1.165, 1.54) is 14.2 Å². The van der Waals surface area contributed by atoms with Crippen LogP contribution in [0.15, 0.2) is 59.1 Å². The molecule has 1 aliphatic heterocycles. The molecule has 2 atom stereocenters. The smallest absolute Gasteiger partial charge is 0.319 e. The third kappa shape index (κ3) is 7.75. The number of nitriles is 1. The number of carbonyl (C=O) groups is 4. The lowest BCUT2D eigenvalue weighted by atomic mass is 9.78. The highest BCUT2D eigenvalue weighted by Crippen LogP contribution is 2.43. The van der Waals surface area contributed by atoms with Crippen LogP contribution in [0.1, 0.15) is 18.4 Å². The number of carboxylic acids is 1. The van der Waals surface area contributed by atoms with E-state index in [1.54, 1.807) is 55.6 Å². The van der Waals surface area contributed by atoms with E-state index in [1.807, 2.05) is 0 Å². The molecule has 0 aromatic heterocycles. The van der Waals surface area contributed by atoms with Crippen LogP contribution in [0, 0.1) is 17.2 Å². The molecule has 3 rings (SSSR count). The van der Waals surface area contributed by atoms with Crippen molar-refractivity contribution in [2.45, 2.75) is 12.8 Å². The maximum Gasteiger partial charge on any atom is 0.319 e. The fourth-order valence-electron chi connectivity index (χ4n) is 3.59. The molecule has 0 bridgehead atoms. The fraction of sp³-hybridized carbons (Fsp3) is 0.269. The van der Waals surface area contributed by atoms with Crippen LogP contribution in [0.3, 0.4) is 0 Å². The van der Waals surface area contributed by atoms with Gasteiger partial charge in [-0.05, 0) is 30.3 Å². The standard InChI is InChI=1S/C24H23N3O6S.C2H4O2/c1-31-15-10-8-14(9-11-15)26-19(28)13-34-23-17(12-25)20(16-6-4-5-7-18(16)32-2)21(22(29)27-23)24(30)33-3;1-2(3)4/h4-11,20-21H,13H2,1-3H3,(H,26,28)(H,27,29);1H3,(H,3,4). The number of nitrogens with one attached hydrogen (secondary N) is 2. The molecule has 11 nitrogen and oxygen atoms in total. The normalized spacial score (nSPS) is 16.1. The summed E-state index contributed by atoms with van der Waals surface area (Å²) in [5.74, 6) is -3.79. The summed E-state index contributed by atoms with van der Waals surface area (Å²) in [6.07, 6.45) is 0. The highest BCUT2D eigenvalue weighted by Gasteiger charge is 2.45. The predicted molar refractivity (Wildman–Crippen MR) is 139 cm³/mol. The number of allylic oxidation sites excluding steroid dienone is 1. The maximum atomic E-state index is 12.9. The van der Waals surface area contributed by atoms with Crippen LogP contribution in [-0.2, 0) is 23.9 Å². The van der Waals surface area contributed by atoms with E-state index in [-0.39, 0.29) is 22.3 Å². The maximum absolute atomic E-state index is 12.9. The monoisotopic (exact) mass is 541 g/mol. The molecule has 2 aromatic rings. The lowest BCUT2D eigenvalue weighted by Crippen LogP contribution is -2.44. The number of ether oxygens (including phenoxy) is 3. The number of anilines is 1. The van der Waals surface area contributed by atoms with Crippen LogP contribution in [0.4, 0.5) is 5.69 Å². The van der Waals surface area contributed by atoms with Crippen molar-refractivity contribution in [2.24, 2.45) is 5.92 Å². The van der Waals surface area contributed by atoms with Gasteiger partial charge in [-0.1, -0.05) is 30.0 Å². The summed E-state index contributed by atoms with van der Waals surface area (Å²) < 4.78 is 15.3. The number of methoxy groups -OCH3 is 3. The van der Waals surface area contributed by atoms with E-state index in [2.05, 4.69) is 16.7 Å². The minimum absolute atomic E-state index is 0.0750. The van der Waals surface area contributed by atoms with Gasteiger partial charge in [0, 0.05) is 24.1 Å². The van der Waals surface area contributed by atoms with Crippen LogP contribution in [0.25, 0.3) is 0 Å². The number of benzene rings is 2. The van der Waals surface area contributed by atoms with Gasteiger partial charge < -0.3 is 30.0 Å². The van der Waals surface area contributed by atoms with Gasteiger partial charge in [0.25, 0.3) is 5.97 Å². The summed E-state index contributed by atoms with van der Waals surface area (Å²) in [4.78, 5) is 46.9. The van der Waals surface area contributed by atoms with Crippen molar-refractivity contribution in [2.75, 3.05) is 32.4 Å². The van der Waals surface area contributed by atoms with E-state index >= 15 is 0 Å². The zero-order chi connectivity index (χ0) is 28.2. The average Bonchev–Trinajstić information content (AvgIpc) is 2.91. The Labute approximate surface area is 223 Å². The van der Waals surface area contributed by atoms with Gasteiger partial charge in [-0.2, -0.15) is 5.26 Å². The molecule has 0 saturated carbocycles. The van der Waals surface area contributed by atoms with E-state index in [0.29, 0.717) is 22.7 Å². The van der Waals surface area contributed by atoms with Crippen LogP contribution in [0.5, 0.6) is 11.5 Å². The SMILES string of the molecule is CC(=O)O.COC(=O)C1C(=O)NC(SCC(=O)Nc2ccc(OC)cc2)=C(C#N)C1c1ccccc1OC. The summed E-state index contributed by atoms with van der Waals surface area (Å²) in [6, 6.07) is 15.8. The molecule has 0 saturated heterocycles. The minimum Gasteiger partial charge on any atom is -0.497 e. The first-order valence-corrected chi connectivity index (χ1v) is 12.1. The molecule has 1 heterocycles.